The van der Waals surface area contributed by atoms with Crippen molar-refractivity contribution in [3.8, 4) is 0 Å². The van der Waals surface area contributed by atoms with E-state index in [9.17, 15) is 4.39 Å². The predicted octanol–water partition coefficient (Wildman–Crippen LogP) is 3.53. The molecule has 0 atom stereocenters. The molecular formula is C22H34FN5. The number of nitrogens with zero attached hydrogens (tertiary/aromatic N) is 2. The molecule has 0 spiro atoms. The molecule has 2 aromatic rings. The van der Waals surface area contributed by atoms with Crippen LogP contribution >= 0.6 is 0 Å². The van der Waals surface area contributed by atoms with Gasteiger partial charge in [0.2, 0.25) is 0 Å². The Morgan fingerprint density at radius 2 is 2.00 bits per heavy atom. The number of hydrogen-bond acceptors (Lipinski definition) is 2. The Hall–Kier alpha value is -2.08. The van der Waals surface area contributed by atoms with Crippen molar-refractivity contribution in [2.75, 3.05) is 39.8 Å². The number of nitrogens with one attached hydrogen (secondary N) is 3. The Morgan fingerprint density at radius 3 is 2.79 bits per heavy atom. The highest BCUT2D eigenvalue weighted by Gasteiger charge is 2.14. The summed E-state index contributed by atoms with van der Waals surface area (Å²) >= 11 is 0. The van der Waals surface area contributed by atoms with Crippen LogP contribution in [0, 0.1) is 11.7 Å². The van der Waals surface area contributed by atoms with Crippen LogP contribution in [0.1, 0.15) is 38.2 Å². The smallest absolute Gasteiger partial charge is 0.190 e. The molecule has 0 bridgehead atoms. The van der Waals surface area contributed by atoms with Crippen LogP contribution in [-0.4, -0.2) is 55.6 Å². The lowest BCUT2D eigenvalue weighted by Crippen LogP contribution is -2.39. The molecule has 0 aliphatic carbocycles. The van der Waals surface area contributed by atoms with Crippen molar-refractivity contribution in [3.05, 3.63) is 35.8 Å². The van der Waals surface area contributed by atoms with Gasteiger partial charge in [0.25, 0.3) is 0 Å². The molecule has 1 fully saturated rings. The maximum absolute atomic E-state index is 13.3. The number of fused-ring (bicyclic) bond motifs is 1. The summed E-state index contributed by atoms with van der Waals surface area (Å²) in [4.78, 5) is 10.0. The number of likely N-dealkylation sites (tertiary alicyclic amines) is 1. The third kappa shape index (κ3) is 5.96. The van der Waals surface area contributed by atoms with Gasteiger partial charge in [0.15, 0.2) is 5.96 Å². The van der Waals surface area contributed by atoms with Gasteiger partial charge in [-0.3, -0.25) is 4.99 Å². The van der Waals surface area contributed by atoms with Crippen LogP contribution in [0.15, 0.2) is 29.4 Å². The highest BCUT2D eigenvalue weighted by atomic mass is 19.1. The van der Waals surface area contributed by atoms with Gasteiger partial charge in [-0.1, -0.05) is 6.92 Å². The summed E-state index contributed by atoms with van der Waals surface area (Å²) in [5.74, 6) is 1.54. The first-order valence-electron chi connectivity index (χ1n) is 10.6. The maximum Gasteiger partial charge on any atom is 0.190 e. The van der Waals surface area contributed by atoms with E-state index in [2.05, 4.69) is 32.4 Å². The number of aromatic amines is 1. The second kappa shape index (κ2) is 10.5. The zero-order chi connectivity index (χ0) is 19.8. The molecule has 1 saturated heterocycles. The number of halogens is 1. The molecule has 6 heteroatoms. The minimum atomic E-state index is -0.210. The molecule has 154 valence electrons. The molecule has 0 unspecified atom stereocenters. The number of H-pyrrole nitrogens is 1. The molecule has 1 aliphatic heterocycles. The largest absolute Gasteiger partial charge is 0.361 e. The van der Waals surface area contributed by atoms with Gasteiger partial charge in [-0.05, 0) is 81.4 Å². The number of aromatic nitrogens is 1. The van der Waals surface area contributed by atoms with Crippen molar-refractivity contribution in [1.29, 1.82) is 0 Å². The van der Waals surface area contributed by atoms with Crippen LogP contribution in [0.4, 0.5) is 4.39 Å². The minimum absolute atomic E-state index is 0.210. The van der Waals surface area contributed by atoms with Crippen molar-refractivity contribution in [1.82, 2.24) is 20.5 Å². The topological polar surface area (TPSA) is 55.5 Å². The van der Waals surface area contributed by atoms with Crippen molar-refractivity contribution >= 4 is 16.9 Å². The number of hydrogen-bond donors (Lipinski definition) is 3. The highest BCUT2D eigenvalue weighted by Crippen LogP contribution is 2.19. The Kier molecular flexibility index (Phi) is 7.71. The molecule has 3 rings (SSSR count). The predicted molar refractivity (Wildman–Crippen MR) is 115 cm³/mol. The normalized spacial score (nSPS) is 16.6. The summed E-state index contributed by atoms with van der Waals surface area (Å²) in [6.07, 6.45) is 7.90. The van der Waals surface area contributed by atoms with Crippen LogP contribution in [0.3, 0.4) is 0 Å². The first-order valence-corrected chi connectivity index (χ1v) is 10.6. The first-order chi connectivity index (χ1) is 13.7. The number of unbranched alkanes of at least 4 members (excludes halogenated alkanes) is 1. The number of piperidine rings is 1. The second-order valence-electron chi connectivity index (χ2n) is 7.91. The average Bonchev–Trinajstić information content (AvgIpc) is 3.09. The van der Waals surface area contributed by atoms with Crippen LogP contribution in [0.25, 0.3) is 10.9 Å². The lowest BCUT2D eigenvalue weighted by molar-refractivity contribution is 0.189. The maximum atomic E-state index is 13.3. The molecule has 2 heterocycles. The Balaban J connectivity index is 1.31. The number of aliphatic imine (C=N–C) groups is 1. The fraction of sp³-hybridized carbons (Fsp3) is 0.591. The zero-order valence-electron chi connectivity index (χ0n) is 17.2. The van der Waals surface area contributed by atoms with E-state index < -0.39 is 0 Å². The van der Waals surface area contributed by atoms with Gasteiger partial charge in [-0.15, -0.1) is 0 Å². The lowest BCUT2D eigenvalue weighted by Gasteiger charge is -2.30. The molecule has 28 heavy (non-hydrogen) atoms. The average molecular weight is 388 g/mol. The minimum Gasteiger partial charge on any atom is -0.361 e. The molecule has 5 nitrogen and oxygen atoms in total. The van der Waals surface area contributed by atoms with E-state index in [-0.39, 0.29) is 5.82 Å². The molecule has 1 aromatic carbocycles. The molecule has 1 aromatic heterocycles. The third-order valence-electron chi connectivity index (χ3n) is 5.71. The van der Waals surface area contributed by atoms with Crippen LogP contribution in [0.2, 0.25) is 0 Å². The van der Waals surface area contributed by atoms with Crippen LogP contribution < -0.4 is 10.6 Å². The molecular weight excluding hydrogens is 353 g/mol. The SMILES string of the molecule is CN=C(NCCCCN1CCC(C)CC1)NCCc1c[nH]c2cc(F)ccc12. The fourth-order valence-corrected chi connectivity index (χ4v) is 3.85. The van der Waals surface area contributed by atoms with Crippen molar-refractivity contribution in [2.45, 2.75) is 39.0 Å². The van der Waals surface area contributed by atoms with E-state index in [1.807, 2.05) is 12.3 Å². The van der Waals surface area contributed by atoms with E-state index in [1.165, 1.54) is 56.6 Å². The van der Waals surface area contributed by atoms with Gasteiger partial charge in [-0.25, -0.2) is 4.39 Å². The molecule has 3 N–H and O–H groups in total. The molecule has 0 radical (unpaired) electrons. The summed E-state index contributed by atoms with van der Waals surface area (Å²) in [5, 5.41) is 7.85. The molecule has 1 aliphatic rings. The first kappa shape index (κ1) is 20.6. The highest BCUT2D eigenvalue weighted by molar-refractivity contribution is 5.83. The second-order valence-corrected chi connectivity index (χ2v) is 7.91. The van der Waals surface area contributed by atoms with Gasteiger partial charge in [0.1, 0.15) is 5.82 Å². The standard InChI is InChI=1S/C22H34FN5/c1-17-8-13-28(14-9-17)12-4-3-10-25-22(24-2)26-11-7-18-16-27-21-15-19(23)5-6-20(18)21/h5-6,15-17,27H,3-4,7-14H2,1-2H3,(H2,24,25,26). The van der Waals surface area contributed by atoms with E-state index >= 15 is 0 Å². The van der Waals surface area contributed by atoms with Crippen molar-refractivity contribution in [2.24, 2.45) is 10.9 Å². The monoisotopic (exact) mass is 387 g/mol. The van der Waals surface area contributed by atoms with Gasteiger partial charge >= 0.3 is 0 Å². The number of guanidine groups is 1. The van der Waals surface area contributed by atoms with Gasteiger partial charge < -0.3 is 20.5 Å². The number of benzene rings is 1. The third-order valence-corrected chi connectivity index (χ3v) is 5.71. The fourth-order valence-electron chi connectivity index (χ4n) is 3.85. The zero-order valence-corrected chi connectivity index (χ0v) is 17.2. The molecule has 0 amide bonds. The lowest BCUT2D eigenvalue weighted by atomic mass is 9.99. The molecule has 0 saturated carbocycles. The summed E-state index contributed by atoms with van der Waals surface area (Å²) < 4.78 is 13.3. The summed E-state index contributed by atoms with van der Waals surface area (Å²) in [6, 6.07) is 4.89. The van der Waals surface area contributed by atoms with Gasteiger partial charge in [0.05, 0.1) is 0 Å². The Bertz CT molecular complexity index is 761. The van der Waals surface area contributed by atoms with E-state index in [4.69, 9.17) is 0 Å². The van der Waals surface area contributed by atoms with E-state index in [1.54, 1.807) is 7.05 Å². The van der Waals surface area contributed by atoms with Gasteiger partial charge in [0, 0.05) is 37.2 Å². The Labute approximate surface area is 167 Å². The van der Waals surface area contributed by atoms with Gasteiger partial charge in [-0.2, -0.15) is 0 Å². The van der Waals surface area contributed by atoms with Crippen molar-refractivity contribution in [3.63, 3.8) is 0 Å². The summed E-state index contributed by atoms with van der Waals surface area (Å²) in [5.41, 5.74) is 2.04. The quantitative estimate of drug-likeness (QED) is 0.369. The summed E-state index contributed by atoms with van der Waals surface area (Å²) in [6.45, 7) is 7.82. The van der Waals surface area contributed by atoms with Crippen LogP contribution in [-0.2, 0) is 6.42 Å². The summed E-state index contributed by atoms with van der Waals surface area (Å²) in [7, 11) is 1.80. The van der Waals surface area contributed by atoms with E-state index in [0.29, 0.717) is 0 Å². The van der Waals surface area contributed by atoms with E-state index in [0.717, 1.165) is 48.7 Å². The van der Waals surface area contributed by atoms with Crippen LogP contribution in [0.5, 0.6) is 0 Å². The van der Waals surface area contributed by atoms with Crippen molar-refractivity contribution < 1.29 is 4.39 Å². The number of rotatable bonds is 8. The Morgan fingerprint density at radius 1 is 1.21 bits per heavy atom.